The topological polar surface area (TPSA) is 91.7 Å². The van der Waals surface area contributed by atoms with Crippen LogP contribution in [0.3, 0.4) is 0 Å². The second kappa shape index (κ2) is 16.7. The Bertz CT molecular complexity index is 2220. The fourth-order valence-corrected chi connectivity index (χ4v) is 21.7. The van der Waals surface area contributed by atoms with Crippen molar-refractivity contribution in [3.05, 3.63) is 47.7 Å². The van der Waals surface area contributed by atoms with Gasteiger partial charge in [0.25, 0.3) is 8.32 Å². The average Bonchev–Trinajstić information content (AvgIpc) is 3.43. The van der Waals surface area contributed by atoms with Gasteiger partial charge in [0, 0.05) is 30.2 Å². The molecule has 2 atom stereocenters. The molecular formula is C45H61F2N5O3SSi2. The van der Waals surface area contributed by atoms with Crippen molar-refractivity contribution in [3.63, 3.8) is 0 Å². The van der Waals surface area contributed by atoms with Gasteiger partial charge in [-0.1, -0.05) is 107 Å². The number of fused-ring (bicyclic) bond motifs is 4. The number of hydrogen-bond acceptors (Lipinski definition) is 7. The molecule has 8 nitrogen and oxygen atoms in total. The highest BCUT2D eigenvalue weighted by atomic mass is 32.2. The zero-order chi connectivity index (χ0) is 42.6. The van der Waals surface area contributed by atoms with Gasteiger partial charge >= 0.3 is 6.09 Å². The zero-order valence-corrected chi connectivity index (χ0v) is 39.3. The lowest BCUT2D eigenvalue weighted by atomic mass is 9.96. The standard InChI is InChI=1S/C45H61F2N5O3SSi2/c1-25(2)57(26(3)4,27(5)6)19-18-35-38(46)17-14-31-20-34(55-58(28(7)8,29(9)10)30(11)12)21-36(39(31)35)41-40(47)42-37(22-48-41)43(50-44(49-42)56-13)51-23-32-15-16-33(24-51)52(32)45(53)54/h14,17,20-22,25-30,32-33H,15-16,23-24H2,1-13H3,(H,53,54)/t32-,33+. The van der Waals surface area contributed by atoms with E-state index in [4.69, 9.17) is 19.4 Å². The molecule has 0 radical (unpaired) electrons. The van der Waals surface area contributed by atoms with Crippen LogP contribution < -0.4 is 9.33 Å². The van der Waals surface area contributed by atoms with Crippen molar-refractivity contribution in [1.82, 2.24) is 19.9 Å². The molecule has 2 saturated heterocycles. The summed E-state index contributed by atoms with van der Waals surface area (Å²) in [5.74, 6) is 3.44. The number of amides is 1. The summed E-state index contributed by atoms with van der Waals surface area (Å²) >= 11 is 1.31. The second-order valence-corrected chi connectivity index (χ2v) is 30.0. The average molecular weight is 846 g/mol. The Kier molecular flexibility index (Phi) is 12.6. The number of anilines is 1. The zero-order valence-electron chi connectivity index (χ0n) is 36.5. The van der Waals surface area contributed by atoms with E-state index in [0.29, 0.717) is 68.2 Å². The van der Waals surface area contributed by atoms with E-state index in [-0.39, 0.29) is 45.5 Å². The highest BCUT2D eigenvalue weighted by Gasteiger charge is 2.48. The molecule has 2 fully saturated rings. The molecule has 13 heteroatoms. The molecule has 312 valence electrons. The van der Waals surface area contributed by atoms with E-state index >= 15 is 8.78 Å². The molecule has 6 rings (SSSR count). The van der Waals surface area contributed by atoms with Crippen molar-refractivity contribution in [2.24, 2.45) is 0 Å². The predicted octanol–water partition coefficient (Wildman–Crippen LogP) is 12.3. The molecule has 4 heterocycles. The molecular weight excluding hydrogens is 785 g/mol. The number of rotatable bonds is 11. The Balaban J connectivity index is 1.64. The van der Waals surface area contributed by atoms with E-state index in [2.05, 4.69) is 99.4 Å². The maximum atomic E-state index is 17.6. The van der Waals surface area contributed by atoms with Gasteiger partial charge < -0.3 is 14.4 Å². The molecule has 2 aliphatic heterocycles. The number of aromatic nitrogens is 3. The Morgan fingerprint density at radius 2 is 1.47 bits per heavy atom. The third-order valence-corrected chi connectivity index (χ3v) is 26.2. The number of nitrogens with zero attached hydrogens (tertiary/aromatic N) is 5. The minimum Gasteiger partial charge on any atom is -0.543 e. The van der Waals surface area contributed by atoms with E-state index in [9.17, 15) is 9.90 Å². The maximum Gasteiger partial charge on any atom is 0.407 e. The minimum atomic E-state index is -2.48. The SMILES string of the molecule is CSc1nc(N2C[C@H]3CC[C@@H](C2)N3C(=O)O)c2cnc(-c3cc(O[Si](C(C)C)(C(C)C)C(C)C)cc4ccc(F)c(C#C[Si](C(C)C)(C(C)C)C(C)C)c34)c(F)c2n1. The Morgan fingerprint density at radius 3 is 1.98 bits per heavy atom. The van der Waals surface area contributed by atoms with E-state index in [1.165, 1.54) is 17.8 Å². The van der Waals surface area contributed by atoms with Gasteiger partial charge in [-0.15, -0.1) is 5.54 Å². The first-order chi connectivity index (χ1) is 27.3. The van der Waals surface area contributed by atoms with Crippen molar-refractivity contribution in [1.29, 1.82) is 0 Å². The molecule has 4 aromatic rings. The van der Waals surface area contributed by atoms with Gasteiger partial charge in [-0.25, -0.2) is 23.5 Å². The number of benzene rings is 2. The summed E-state index contributed by atoms with van der Waals surface area (Å²) in [7, 11) is -4.77. The molecule has 1 amide bonds. The Morgan fingerprint density at radius 1 is 0.879 bits per heavy atom. The first-order valence-electron chi connectivity index (χ1n) is 20.9. The van der Waals surface area contributed by atoms with Crippen molar-refractivity contribution in [3.8, 4) is 28.5 Å². The lowest BCUT2D eigenvalue weighted by Gasteiger charge is -2.42. The number of piperazine rings is 1. The van der Waals surface area contributed by atoms with Crippen molar-refractivity contribution < 1.29 is 23.1 Å². The van der Waals surface area contributed by atoms with Crippen LogP contribution >= 0.6 is 11.8 Å². The van der Waals surface area contributed by atoms with E-state index < -0.39 is 34.1 Å². The lowest BCUT2D eigenvalue weighted by Crippen LogP contribution is -2.55. The second-order valence-electron chi connectivity index (χ2n) is 18.3. The fourth-order valence-electron chi connectivity index (χ4n) is 10.9. The van der Waals surface area contributed by atoms with Gasteiger partial charge in [0.2, 0.25) is 0 Å². The number of pyridine rings is 1. The fraction of sp³-hybridized carbons (Fsp3) is 0.556. The molecule has 0 aliphatic carbocycles. The molecule has 1 N–H and O–H groups in total. The molecule has 2 aromatic heterocycles. The summed E-state index contributed by atoms with van der Waals surface area (Å²) in [5, 5.41) is 11.9. The maximum absolute atomic E-state index is 17.6. The molecule has 0 saturated carbocycles. The van der Waals surface area contributed by atoms with Crippen molar-refractivity contribution in [2.45, 2.75) is 146 Å². The number of carbonyl (C=O) groups is 1. The normalized spacial score (nSPS) is 17.5. The molecule has 2 bridgehead atoms. The van der Waals surface area contributed by atoms with Crippen LogP contribution in [-0.2, 0) is 0 Å². The summed E-state index contributed by atoms with van der Waals surface area (Å²) in [5.41, 5.74) is 6.36. The van der Waals surface area contributed by atoms with Gasteiger partial charge in [0.15, 0.2) is 11.0 Å². The highest BCUT2D eigenvalue weighted by molar-refractivity contribution is 7.98. The first kappa shape index (κ1) is 43.8. The van der Waals surface area contributed by atoms with Gasteiger partial charge in [-0.2, -0.15) is 0 Å². The van der Waals surface area contributed by atoms with Crippen LogP contribution in [0.15, 0.2) is 35.6 Å². The summed E-state index contributed by atoms with van der Waals surface area (Å²) in [6, 6.07) is 6.66. The van der Waals surface area contributed by atoms with Crippen LogP contribution in [-0.4, -0.2) is 78.9 Å². The largest absolute Gasteiger partial charge is 0.543 e. The lowest BCUT2D eigenvalue weighted by molar-refractivity contribution is 0.114. The number of halogens is 2. The van der Waals surface area contributed by atoms with E-state index in [1.807, 2.05) is 18.4 Å². The third-order valence-electron chi connectivity index (χ3n) is 13.4. The van der Waals surface area contributed by atoms with Gasteiger partial charge in [-0.3, -0.25) is 9.88 Å². The smallest absolute Gasteiger partial charge is 0.407 e. The third kappa shape index (κ3) is 7.40. The Labute approximate surface area is 350 Å². The molecule has 2 aromatic carbocycles. The van der Waals surface area contributed by atoms with Gasteiger partial charge in [0.1, 0.15) is 36.7 Å². The van der Waals surface area contributed by atoms with Crippen LogP contribution in [0.2, 0.25) is 33.2 Å². The quantitative estimate of drug-likeness (QED) is 0.0691. The summed E-state index contributed by atoms with van der Waals surface area (Å²) in [6.45, 7) is 27.6. The molecule has 0 unspecified atom stereocenters. The van der Waals surface area contributed by atoms with Gasteiger partial charge in [0.05, 0.1) is 23.0 Å². The van der Waals surface area contributed by atoms with Crippen molar-refractivity contribution in [2.75, 3.05) is 24.2 Å². The van der Waals surface area contributed by atoms with Crippen LogP contribution in [0.25, 0.3) is 32.9 Å². The number of carboxylic acid groups (broad SMARTS) is 1. The van der Waals surface area contributed by atoms with Gasteiger partial charge in [-0.05, 0) is 75.9 Å². The molecule has 0 spiro atoms. The summed E-state index contributed by atoms with van der Waals surface area (Å²) < 4.78 is 41.3. The van der Waals surface area contributed by atoms with Crippen LogP contribution in [0, 0.1) is 23.1 Å². The van der Waals surface area contributed by atoms with E-state index in [1.54, 1.807) is 17.2 Å². The monoisotopic (exact) mass is 845 g/mol. The number of thioether (sulfide) groups is 1. The summed E-state index contributed by atoms with van der Waals surface area (Å²) in [4.78, 5) is 30.1. The molecule has 2 aliphatic rings. The Hall–Kier alpha value is -3.74. The van der Waals surface area contributed by atoms with E-state index in [0.717, 1.165) is 12.8 Å². The first-order valence-corrected chi connectivity index (χ1v) is 26.5. The summed E-state index contributed by atoms with van der Waals surface area (Å²) in [6.07, 6.45) is 4.08. The predicted molar refractivity (Wildman–Crippen MR) is 240 cm³/mol. The molecule has 58 heavy (non-hydrogen) atoms. The van der Waals surface area contributed by atoms with Crippen LogP contribution in [0.4, 0.5) is 19.4 Å². The number of hydrogen-bond donors (Lipinski definition) is 1. The highest BCUT2D eigenvalue weighted by Crippen LogP contribution is 2.46. The van der Waals surface area contributed by atoms with Crippen LogP contribution in [0.5, 0.6) is 5.75 Å². The minimum absolute atomic E-state index is 0.0371. The van der Waals surface area contributed by atoms with Crippen LogP contribution in [0.1, 0.15) is 101 Å². The van der Waals surface area contributed by atoms with Crippen molar-refractivity contribution >= 4 is 61.7 Å².